The molecule has 3 aromatic rings. The highest BCUT2D eigenvalue weighted by Gasteiger charge is 2.52. The minimum Gasteiger partial charge on any atom is -0.418 e. The summed E-state index contributed by atoms with van der Waals surface area (Å²) in [4.78, 5) is 43.2. The quantitative estimate of drug-likeness (QED) is 0.400. The molecule has 9 nitrogen and oxygen atoms in total. The number of unbranched alkanes of at least 4 members (excludes halogenated alkanes) is 1. The summed E-state index contributed by atoms with van der Waals surface area (Å²) in [6.45, 7) is 4.17. The topological polar surface area (TPSA) is 109 Å². The van der Waals surface area contributed by atoms with Crippen LogP contribution in [-0.4, -0.2) is 50.9 Å². The Morgan fingerprint density at radius 1 is 1.11 bits per heavy atom. The van der Waals surface area contributed by atoms with Crippen LogP contribution in [0.1, 0.15) is 51.0 Å². The third-order valence-corrected chi connectivity index (χ3v) is 6.87. The van der Waals surface area contributed by atoms with E-state index in [2.05, 4.69) is 15.5 Å². The van der Waals surface area contributed by atoms with Gasteiger partial charge in [0.15, 0.2) is 0 Å². The highest BCUT2D eigenvalue weighted by molar-refractivity contribution is 7.13. The average molecular weight is 496 g/mol. The molecule has 2 aromatic heterocycles. The average Bonchev–Trinajstić information content (AvgIpc) is 3.61. The summed E-state index contributed by atoms with van der Waals surface area (Å²) in [7, 11) is 0. The second kappa shape index (κ2) is 10.8. The molecule has 4 amide bonds. The Balaban J connectivity index is 1.50. The van der Waals surface area contributed by atoms with Crippen LogP contribution in [0.25, 0.3) is 10.8 Å². The van der Waals surface area contributed by atoms with Crippen LogP contribution < -0.4 is 5.32 Å². The van der Waals surface area contributed by atoms with Gasteiger partial charge in [-0.15, -0.1) is 21.5 Å². The number of carbonyl (C=O) groups excluding carboxylic acids is 3. The summed E-state index contributed by atoms with van der Waals surface area (Å²) in [5.41, 5.74) is -0.439. The van der Waals surface area contributed by atoms with Gasteiger partial charge in [0.05, 0.1) is 11.4 Å². The maximum Gasteiger partial charge on any atom is 0.325 e. The standard InChI is InChI=1S/C25H29N5O4S/c1-3-5-13-25(18-10-7-6-8-11-18)23(32)30(24(33)26-25)17-21(31)29(14-4-2)16-20-27-28-22(34-20)19-12-9-15-35-19/h6-12,15H,3-5,13-14,16-17H2,1-2H3,(H,26,33). The second-order valence-corrected chi connectivity index (χ2v) is 9.44. The Hall–Kier alpha value is -3.53. The molecule has 1 N–H and O–H groups in total. The summed E-state index contributed by atoms with van der Waals surface area (Å²) < 4.78 is 5.74. The van der Waals surface area contributed by atoms with Crippen LogP contribution >= 0.6 is 11.3 Å². The molecule has 0 bridgehead atoms. The third kappa shape index (κ3) is 5.12. The first-order valence-corrected chi connectivity index (χ1v) is 12.7. The molecule has 184 valence electrons. The number of nitrogens with one attached hydrogen (secondary N) is 1. The van der Waals surface area contributed by atoms with E-state index in [-0.39, 0.29) is 19.0 Å². The zero-order valence-electron chi connectivity index (χ0n) is 19.9. The van der Waals surface area contributed by atoms with E-state index in [9.17, 15) is 14.4 Å². The summed E-state index contributed by atoms with van der Waals surface area (Å²) in [5.74, 6) is -0.0548. The fraction of sp³-hybridized carbons (Fsp3) is 0.400. The molecule has 10 heteroatoms. The number of hydrogen-bond acceptors (Lipinski definition) is 7. The van der Waals surface area contributed by atoms with Crippen molar-refractivity contribution >= 4 is 29.2 Å². The first kappa shape index (κ1) is 24.6. The molecular weight excluding hydrogens is 466 g/mol. The van der Waals surface area contributed by atoms with Crippen molar-refractivity contribution in [3.05, 3.63) is 59.3 Å². The Morgan fingerprint density at radius 3 is 2.60 bits per heavy atom. The highest BCUT2D eigenvalue weighted by Crippen LogP contribution is 2.34. The summed E-state index contributed by atoms with van der Waals surface area (Å²) in [6.07, 6.45) is 2.80. The molecule has 4 rings (SSSR count). The lowest BCUT2D eigenvalue weighted by molar-refractivity contribution is -0.139. The van der Waals surface area contributed by atoms with Gasteiger partial charge in [-0.2, -0.15) is 0 Å². The van der Waals surface area contributed by atoms with Gasteiger partial charge in [0.2, 0.25) is 11.8 Å². The molecule has 1 aliphatic heterocycles. The van der Waals surface area contributed by atoms with Crippen LogP contribution in [0.4, 0.5) is 4.79 Å². The van der Waals surface area contributed by atoms with Gasteiger partial charge in [-0.1, -0.05) is 63.1 Å². The van der Waals surface area contributed by atoms with E-state index in [0.717, 1.165) is 28.2 Å². The zero-order chi connectivity index (χ0) is 24.8. The van der Waals surface area contributed by atoms with Crippen LogP contribution in [0.3, 0.4) is 0 Å². The summed E-state index contributed by atoms with van der Waals surface area (Å²) in [6, 6.07) is 12.4. The van der Waals surface area contributed by atoms with Gasteiger partial charge in [0, 0.05) is 6.54 Å². The predicted octanol–water partition coefficient (Wildman–Crippen LogP) is 4.17. The van der Waals surface area contributed by atoms with Crippen LogP contribution in [0, 0.1) is 0 Å². The number of imide groups is 1. The van der Waals surface area contributed by atoms with Crippen molar-refractivity contribution in [1.82, 2.24) is 25.3 Å². The minimum atomic E-state index is -1.16. The molecule has 1 atom stereocenters. The van der Waals surface area contributed by atoms with Gasteiger partial charge in [0.1, 0.15) is 12.1 Å². The Kier molecular flexibility index (Phi) is 7.60. The number of carbonyl (C=O) groups is 3. The first-order valence-electron chi connectivity index (χ1n) is 11.8. The number of aromatic nitrogens is 2. The third-order valence-electron chi connectivity index (χ3n) is 6.01. The van der Waals surface area contributed by atoms with Gasteiger partial charge in [-0.05, 0) is 29.9 Å². The number of benzene rings is 1. The summed E-state index contributed by atoms with van der Waals surface area (Å²) >= 11 is 1.48. The lowest BCUT2D eigenvalue weighted by Gasteiger charge is -2.28. The van der Waals surface area contributed by atoms with E-state index in [1.165, 1.54) is 11.3 Å². The molecule has 0 radical (unpaired) electrons. The first-order chi connectivity index (χ1) is 17.0. The van der Waals surface area contributed by atoms with Gasteiger partial charge in [0.25, 0.3) is 11.8 Å². The fourth-order valence-electron chi connectivity index (χ4n) is 4.22. The normalized spacial score (nSPS) is 17.6. The van der Waals surface area contributed by atoms with Crippen molar-refractivity contribution in [2.75, 3.05) is 13.1 Å². The largest absolute Gasteiger partial charge is 0.418 e. The van der Waals surface area contributed by atoms with Crippen molar-refractivity contribution in [2.45, 2.75) is 51.6 Å². The minimum absolute atomic E-state index is 0.106. The van der Waals surface area contributed by atoms with E-state index in [1.54, 1.807) is 4.90 Å². The van der Waals surface area contributed by atoms with Crippen LogP contribution in [-0.2, 0) is 21.7 Å². The summed E-state index contributed by atoms with van der Waals surface area (Å²) in [5, 5.41) is 12.9. The number of thiophene rings is 1. The maximum atomic E-state index is 13.6. The molecule has 3 heterocycles. The van der Waals surface area contributed by atoms with E-state index < -0.39 is 17.5 Å². The van der Waals surface area contributed by atoms with E-state index in [0.29, 0.717) is 31.2 Å². The van der Waals surface area contributed by atoms with Crippen molar-refractivity contribution in [2.24, 2.45) is 0 Å². The molecule has 1 saturated heterocycles. The smallest absolute Gasteiger partial charge is 0.325 e. The molecule has 0 spiro atoms. The number of nitrogens with zero attached hydrogens (tertiary/aromatic N) is 4. The molecule has 1 unspecified atom stereocenters. The Bertz CT molecular complexity index is 1160. The number of hydrogen-bond donors (Lipinski definition) is 1. The molecule has 1 aromatic carbocycles. The highest BCUT2D eigenvalue weighted by atomic mass is 32.1. The molecule has 1 fully saturated rings. The van der Waals surface area contributed by atoms with E-state index in [4.69, 9.17) is 4.42 Å². The monoisotopic (exact) mass is 495 g/mol. The van der Waals surface area contributed by atoms with Crippen molar-refractivity contribution in [3.8, 4) is 10.8 Å². The number of rotatable bonds is 11. The fourth-order valence-corrected chi connectivity index (χ4v) is 4.87. The van der Waals surface area contributed by atoms with Crippen LogP contribution in [0.5, 0.6) is 0 Å². The van der Waals surface area contributed by atoms with Gasteiger partial charge < -0.3 is 14.6 Å². The van der Waals surface area contributed by atoms with E-state index >= 15 is 0 Å². The second-order valence-electron chi connectivity index (χ2n) is 8.49. The van der Waals surface area contributed by atoms with E-state index in [1.807, 2.05) is 61.7 Å². The maximum absolute atomic E-state index is 13.6. The van der Waals surface area contributed by atoms with Gasteiger partial charge in [-0.25, -0.2) is 4.79 Å². The van der Waals surface area contributed by atoms with Crippen molar-refractivity contribution in [3.63, 3.8) is 0 Å². The Morgan fingerprint density at radius 2 is 1.91 bits per heavy atom. The van der Waals surface area contributed by atoms with Crippen molar-refractivity contribution in [1.29, 1.82) is 0 Å². The predicted molar refractivity (Wildman–Crippen MR) is 131 cm³/mol. The molecule has 35 heavy (non-hydrogen) atoms. The molecule has 0 saturated carbocycles. The Labute approximate surface area is 208 Å². The molecule has 0 aliphatic carbocycles. The molecular formula is C25H29N5O4S. The van der Waals surface area contributed by atoms with Crippen LogP contribution in [0.2, 0.25) is 0 Å². The van der Waals surface area contributed by atoms with Crippen LogP contribution in [0.15, 0.2) is 52.3 Å². The van der Waals surface area contributed by atoms with Crippen molar-refractivity contribution < 1.29 is 18.8 Å². The lowest BCUT2D eigenvalue weighted by Crippen LogP contribution is -2.46. The SMILES string of the molecule is CCCCC1(c2ccccc2)NC(=O)N(CC(=O)N(CCC)Cc2nnc(-c3cccs3)o2)C1=O. The van der Waals surface area contributed by atoms with Gasteiger partial charge in [-0.3, -0.25) is 14.5 Å². The zero-order valence-corrected chi connectivity index (χ0v) is 20.7. The lowest BCUT2D eigenvalue weighted by atomic mass is 9.85. The molecule has 1 aliphatic rings. The van der Waals surface area contributed by atoms with Gasteiger partial charge >= 0.3 is 6.03 Å². The number of urea groups is 1. The number of amides is 4.